The van der Waals surface area contributed by atoms with E-state index in [1.165, 1.54) is 16.8 Å². The zero-order valence-corrected chi connectivity index (χ0v) is 17.2. The van der Waals surface area contributed by atoms with Crippen molar-refractivity contribution in [3.05, 3.63) is 59.3 Å². The van der Waals surface area contributed by atoms with Gasteiger partial charge in [-0.15, -0.1) is 0 Å². The van der Waals surface area contributed by atoms with Crippen molar-refractivity contribution < 1.29 is 9.53 Å². The number of carbonyl (C=O) groups is 1. The van der Waals surface area contributed by atoms with Gasteiger partial charge in [0.15, 0.2) is 11.5 Å². The average molecular weight is 390 g/mol. The number of anilines is 2. The minimum Gasteiger partial charge on any atom is -0.461 e. The van der Waals surface area contributed by atoms with E-state index in [4.69, 9.17) is 9.72 Å². The Balaban J connectivity index is 1.61. The third-order valence-corrected chi connectivity index (χ3v) is 5.29. The van der Waals surface area contributed by atoms with Gasteiger partial charge in [0, 0.05) is 31.9 Å². The van der Waals surface area contributed by atoms with Crippen LogP contribution in [0.3, 0.4) is 0 Å². The number of hydrogen-bond donors (Lipinski definition) is 0. The molecule has 0 unspecified atom stereocenters. The summed E-state index contributed by atoms with van der Waals surface area (Å²) < 4.78 is 5.25. The van der Waals surface area contributed by atoms with Crippen molar-refractivity contribution in [3.63, 3.8) is 0 Å². The lowest BCUT2D eigenvalue weighted by atomic mass is 10.1. The van der Waals surface area contributed by atoms with E-state index in [0.717, 1.165) is 31.7 Å². The minimum atomic E-state index is -0.419. The molecule has 2 heterocycles. The van der Waals surface area contributed by atoms with E-state index in [2.05, 4.69) is 46.8 Å². The fourth-order valence-electron chi connectivity index (χ4n) is 3.87. The van der Waals surface area contributed by atoms with Gasteiger partial charge in [-0.1, -0.05) is 29.8 Å². The van der Waals surface area contributed by atoms with Crippen LogP contribution in [0.2, 0.25) is 0 Å². The zero-order chi connectivity index (χ0) is 20.4. The van der Waals surface area contributed by atoms with Crippen LogP contribution in [0.1, 0.15) is 28.5 Å². The van der Waals surface area contributed by atoms with E-state index in [-0.39, 0.29) is 0 Å². The molecule has 0 aliphatic carbocycles. The SMILES string of the molecule is CCOC(=O)c1nc2ccccc2nc1N1CCN(c2ccc(C)cc2C)CC1. The topological polar surface area (TPSA) is 58.6 Å². The van der Waals surface area contributed by atoms with Crippen LogP contribution in [0, 0.1) is 13.8 Å². The van der Waals surface area contributed by atoms with Crippen molar-refractivity contribution in [1.29, 1.82) is 0 Å². The lowest BCUT2D eigenvalue weighted by Crippen LogP contribution is -2.47. The standard InChI is InChI=1S/C23H26N4O2/c1-4-29-23(28)21-22(25-19-8-6-5-7-18(19)24-21)27-13-11-26(12-14-27)20-10-9-16(2)15-17(20)3/h5-10,15H,4,11-14H2,1-3H3. The molecule has 0 N–H and O–H groups in total. The molecule has 1 fully saturated rings. The van der Waals surface area contributed by atoms with Gasteiger partial charge >= 0.3 is 5.97 Å². The summed E-state index contributed by atoms with van der Waals surface area (Å²) in [6.07, 6.45) is 0. The van der Waals surface area contributed by atoms with Crippen molar-refractivity contribution in [1.82, 2.24) is 9.97 Å². The third-order valence-electron chi connectivity index (χ3n) is 5.29. The van der Waals surface area contributed by atoms with Crippen LogP contribution >= 0.6 is 0 Å². The largest absolute Gasteiger partial charge is 0.461 e. The third kappa shape index (κ3) is 3.88. The smallest absolute Gasteiger partial charge is 0.360 e. The van der Waals surface area contributed by atoms with Gasteiger partial charge in [-0.25, -0.2) is 14.8 Å². The number of rotatable bonds is 4. The highest BCUT2D eigenvalue weighted by Gasteiger charge is 2.26. The molecule has 0 bridgehead atoms. The molecule has 150 valence electrons. The van der Waals surface area contributed by atoms with Crippen molar-refractivity contribution in [3.8, 4) is 0 Å². The van der Waals surface area contributed by atoms with E-state index in [1.54, 1.807) is 6.92 Å². The number of hydrogen-bond acceptors (Lipinski definition) is 6. The highest BCUT2D eigenvalue weighted by atomic mass is 16.5. The van der Waals surface area contributed by atoms with Crippen LogP contribution in [0.25, 0.3) is 11.0 Å². The number of piperazine rings is 1. The summed E-state index contributed by atoms with van der Waals surface area (Å²) in [5, 5.41) is 0. The maximum absolute atomic E-state index is 12.6. The Kier molecular flexibility index (Phi) is 5.34. The van der Waals surface area contributed by atoms with Crippen LogP contribution in [0.4, 0.5) is 11.5 Å². The van der Waals surface area contributed by atoms with Crippen molar-refractivity contribution >= 4 is 28.5 Å². The number of aryl methyl sites for hydroxylation is 2. The van der Waals surface area contributed by atoms with Crippen LogP contribution in [-0.2, 0) is 4.74 Å². The van der Waals surface area contributed by atoms with E-state index in [0.29, 0.717) is 23.6 Å². The first kappa shape index (κ1) is 19.2. The van der Waals surface area contributed by atoms with E-state index in [9.17, 15) is 4.79 Å². The Morgan fingerprint density at radius 1 is 0.966 bits per heavy atom. The first-order valence-corrected chi connectivity index (χ1v) is 10.1. The lowest BCUT2D eigenvalue weighted by Gasteiger charge is -2.37. The van der Waals surface area contributed by atoms with Gasteiger partial charge in [0.1, 0.15) is 0 Å². The Bertz CT molecular complexity index is 1040. The molecule has 0 saturated carbocycles. The summed E-state index contributed by atoms with van der Waals surface area (Å²) in [5.41, 5.74) is 5.61. The fourth-order valence-corrected chi connectivity index (χ4v) is 3.87. The van der Waals surface area contributed by atoms with Crippen molar-refractivity contribution in [2.45, 2.75) is 20.8 Å². The minimum absolute atomic E-state index is 0.297. The second kappa shape index (κ2) is 8.07. The number of carbonyl (C=O) groups excluding carboxylic acids is 1. The predicted octanol–water partition coefficient (Wildman–Crippen LogP) is 3.75. The number of fused-ring (bicyclic) bond motifs is 1. The molecule has 0 amide bonds. The highest BCUT2D eigenvalue weighted by Crippen LogP contribution is 2.26. The molecule has 1 aliphatic rings. The van der Waals surface area contributed by atoms with E-state index < -0.39 is 5.97 Å². The Morgan fingerprint density at radius 2 is 1.62 bits per heavy atom. The molecule has 29 heavy (non-hydrogen) atoms. The van der Waals surface area contributed by atoms with Gasteiger partial charge in [0.05, 0.1) is 17.6 Å². The van der Waals surface area contributed by atoms with Gasteiger partial charge in [-0.05, 0) is 44.5 Å². The maximum atomic E-state index is 12.6. The summed E-state index contributed by atoms with van der Waals surface area (Å²) in [5.74, 6) is 0.194. The first-order chi connectivity index (χ1) is 14.1. The molecular weight excluding hydrogens is 364 g/mol. The number of nitrogens with zero attached hydrogens (tertiary/aromatic N) is 4. The molecule has 0 spiro atoms. The van der Waals surface area contributed by atoms with Gasteiger partial charge < -0.3 is 14.5 Å². The summed E-state index contributed by atoms with van der Waals surface area (Å²) in [6, 6.07) is 14.2. The molecule has 6 nitrogen and oxygen atoms in total. The monoisotopic (exact) mass is 390 g/mol. The fraction of sp³-hybridized carbons (Fsp3) is 0.348. The molecule has 0 atom stereocenters. The second-order valence-electron chi connectivity index (χ2n) is 7.37. The first-order valence-electron chi connectivity index (χ1n) is 10.1. The number of para-hydroxylation sites is 2. The highest BCUT2D eigenvalue weighted by molar-refractivity contribution is 5.95. The van der Waals surface area contributed by atoms with Gasteiger partial charge in [0.2, 0.25) is 0 Å². The molecular formula is C23H26N4O2. The van der Waals surface area contributed by atoms with E-state index >= 15 is 0 Å². The van der Waals surface area contributed by atoms with Crippen LogP contribution < -0.4 is 9.80 Å². The van der Waals surface area contributed by atoms with Gasteiger partial charge in [-0.2, -0.15) is 0 Å². The maximum Gasteiger partial charge on any atom is 0.360 e. The van der Waals surface area contributed by atoms with Crippen LogP contribution in [-0.4, -0.2) is 48.7 Å². The van der Waals surface area contributed by atoms with Crippen LogP contribution in [0.15, 0.2) is 42.5 Å². The Hall–Kier alpha value is -3.15. The van der Waals surface area contributed by atoms with Gasteiger partial charge in [-0.3, -0.25) is 0 Å². The number of benzene rings is 2. The van der Waals surface area contributed by atoms with E-state index in [1.807, 2.05) is 24.3 Å². The second-order valence-corrected chi connectivity index (χ2v) is 7.37. The summed E-state index contributed by atoms with van der Waals surface area (Å²) in [6.45, 7) is 9.65. The quantitative estimate of drug-likeness (QED) is 0.633. The molecule has 0 radical (unpaired) electrons. The van der Waals surface area contributed by atoms with Crippen molar-refractivity contribution in [2.24, 2.45) is 0 Å². The molecule has 3 aromatic rings. The average Bonchev–Trinajstić information content (AvgIpc) is 2.73. The Labute approximate surface area is 171 Å². The van der Waals surface area contributed by atoms with Crippen molar-refractivity contribution in [2.75, 3.05) is 42.6 Å². The molecule has 6 heteroatoms. The summed E-state index contributed by atoms with van der Waals surface area (Å²) in [7, 11) is 0. The summed E-state index contributed by atoms with van der Waals surface area (Å²) in [4.78, 5) is 26.4. The summed E-state index contributed by atoms with van der Waals surface area (Å²) >= 11 is 0. The molecule has 1 aromatic heterocycles. The molecule has 1 aliphatic heterocycles. The molecule has 2 aromatic carbocycles. The normalized spacial score (nSPS) is 14.3. The Morgan fingerprint density at radius 3 is 2.28 bits per heavy atom. The van der Waals surface area contributed by atoms with Gasteiger partial charge in [0.25, 0.3) is 0 Å². The number of esters is 1. The number of aromatic nitrogens is 2. The zero-order valence-electron chi connectivity index (χ0n) is 17.2. The molecule has 1 saturated heterocycles. The lowest BCUT2D eigenvalue weighted by molar-refractivity contribution is 0.0520. The number of ether oxygens (including phenoxy) is 1. The van der Waals surface area contributed by atoms with Crippen LogP contribution in [0.5, 0.6) is 0 Å². The molecule has 4 rings (SSSR count). The predicted molar refractivity (Wildman–Crippen MR) is 116 cm³/mol.